The van der Waals surface area contributed by atoms with Crippen LogP contribution in [0.1, 0.15) is 5.56 Å². The highest BCUT2D eigenvalue weighted by atomic mass is 79.9. The van der Waals surface area contributed by atoms with Gasteiger partial charge in [-0.2, -0.15) is 0 Å². The van der Waals surface area contributed by atoms with Crippen molar-refractivity contribution in [3.8, 4) is 28.5 Å². The fraction of sp³-hybridized carbons (Fsp3) is 0.0909. The highest BCUT2D eigenvalue weighted by Crippen LogP contribution is 2.36. The molecule has 0 atom stereocenters. The number of halogens is 1. The minimum Gasteiger partial charge on any atom is -0.504 e. The van der Waals surface area contributed by atoms with Gasteiger partial charge in [-0.3, -0.25) is 4.40 Å². The Balaban J connectivity index is 1.83. The number of nitrogens with zero attached hydrogens (tertiary/aromatic N) is 3. The summed E-state index contributed by atoms with van der Waals surface area (Å²) in [6, 6.07) is 16.7. The zero-order valence-electron chi connectivity index (χ0n) is 15.8. The third kappa shape index (κ3) is 3.69. The quantitative estimate of drug-likeness (QED) is 0.421. The maximum Gasteiger partial charge on any atom is 0.165 e. The third-order valence-corrected chi connectivity index (χ3v) is 5.09. The highest BCUT2D eigenvalue weighted by Gasteiger charge is 2.15. The predicted octanol–water partition coefficient (Wildman–Crippen LogP) is 5.24. The van der Waals surface area contributed by atoms with Crippen molar-refractivity contribution in [1.29, 1.82) is 0 Å². The normalized spacial score (nSPS) is 11.3. The van der Waals surface area contributed by atoms with Gasteiger partial charge in [-0.25, -0.2) is 9.98 Å². The fourth-order valence-electron chi connectivity index (χ4n) is 3.02. The summed E-state index contributed by atoms with van der Waals surface area (Å²) in [6.45, 7) is 0. The number of pyridine rings is 1. The van der Waals surface area contributed by atoms with Gasteiger partial charge >= 0.3 is 0 Å². The van der Waals surface area contributed by atoms with E-state index in [1.54, 1.807) is 31.5 Å². The smallest absolute Gasteiger partial charge is 0.165 e. The van der Waals surface area contributed by atoms with Crippen LogP contribution in [-0.2, 0) is 0 Å². The van der Waals surface area contributed by atoms with Gasteiger partial charge in [0.2, 0.25) is 0 Å². The molecule has 2 aromatic carbocycles. The number of aliphatic imine (C=N–C) groups is 1. The molecule has 146 valence electrons. The van der Waals surface area contributed by atoms with Crippen molar-refractivity contribution in [2.75, 3.05) is 14.2 Å². The molecule has 0 aliphatic carbocycles. The van der Waals surface area contributed by atoms with Crippen LogP contribution in [0, 0.1) is 0 Å². The predicted molar refractivity (Wildman–Crippen MR) is 117 cm³/mol. The molecule has 6 nitrogen and oxygen atoms in total. The molecule has 0 fully saturated rings. The largest absolute Gasteiger partial charge is 0.504 e. The van der Waals surface area contributed by atoms with Crippen LogP contribution in [-0.4, -0.2) is 34.9 Å². The number of ether oxygens (including phenoxy) is 2. The molecule has 0 radical (unpaired) electrons. The summed E-state index contributed by atoms with van der Waals surface area (Å²) in [4.78, 5) is 9.45. The SMILES string of the molecule is COc1cc(-c2nc3ccccn3c2N=Cc2ccc(OC)c(Br)c2)ccc1O. The Hall–Kier alpha value is -3.32. The Morgan fingerprint density at radius 3 is 2.62 bits per heavy atom. The zero-order chi connectivity index (χ0) is 20.4. The number of methoxy groups -OCH3 is 2. The van der Waals surface area contributed by atoms with Gasteiger partial charge in [0.15, 0.2) is 17.3 Å². The number of aromatic hydroxyl groups is 1. The van der Waals surface area contributed by atoms with Crippen LogP contribution in [0.5, 0.6) is 17.2 Å². The van der Waals surface area contributed by atoms with Crippen molar-refractivity contribution >= 4 is 33.6 Å². The summed E-state index contributed by atoms with van der Waals surface area (Å²) in [5.41, 5.74) is 3.18. The Labute approximate surface area is 176 Å². The number of phenolic OH excluding ortho intramolecular Hbond substituents is 1. The number of rotatable bonds is 5. The Morgan fingerprint density at radius 2 is 1.86 bits per heavy atom. The lowest BCUT2D eigenvalue weighted by Crippen LogP contribution is -1.88. The molecule has 4 aromatic rings. The van der Waals surface area contributed by atoms with Crippen LogP contribution in [0.3, 0.4) is 0 Å². The van der Waals surface area contributed by atoms with Crippen molar-refractivity contribution in [3.05, 3.63) is 70.8 Å². The molecular formula is C22H18BrN3O3. The van der Waals surface area contributed by atoms with Gasteiger partial charge in [-0.05, 0) is 70.0 Å². The van der Waals surface area contributed by atoms with E-state index in [1.165, 1.54) is 7.11 Å². The summed E-state index contributed by atoms with van der Waals surface area (Å²) < 4.78 is 13.3. The number of aromatic nitrogens is 2. The first-order valence-corrected chi connectivity index (χ1v) is 9.62. The number of imidazole rings is 1. The molecule has 0 bridgehead atoms. The van der Waals surface area contributed by atoms with E-state index >= 15 is 0 Å². The van der Waals surface area contributed by atoms with Crippen molar-refractivity contribution in [1.82, 2.24) is 9.38 Å². The van der Waals surface area contributed by atoms with Gasteiger partial charge in [0, 0.05) is 18.0 Å². The van der Waals surface area contributed by atoms with Crippen molar-refractivity contribution < 1.29 is 14.6 Å². The first-order chi connectivity index (χ1) is 14.1. The Morgan fingerprint density at radius 1 is 1.03 bits per heavy atom. The van der Waals surface area contributed by atoms with Crippen LogP contribution in [0.2, 0.25) is 0 Å². The standard InChI is InChI=1S/C22H18BrN3O3/c1-28-18-9-6-14(11-16(18)23)13-24-22-21(25-20-5-3-4-10-26(20)22)15-7-8-17(27)19(12-15)29-2/h3-13,27H,1-2H3. The average molecular weight is 452 g/mol. The van der Waals surface area contributed by atoms with Crippen LogP contribution >= 0.6 is 15.9 Å². The van der Waals surface area contributed by atoms with Gasteiger partial charge < -0.3 is 14.6 Å². The monoisotopic (exact) mass is 451 g/mol. The van der Waals surface area contributed by atoms with E-state index in [0.29, 0.717) is 17.3 Å². The second kappa shape index (κ2) is 7.97. The molecule has 0 saturated carbocycles. The molecule has 1 N–H and O–H groups in total. The van der Waals surface area contributed by atoms with E-state index in [1.807, 2.05) is 47.0 Å². The van der Waals surface area contributed by atoms with Gasteiger partial charge in [0.05, 0.1) is 18.7 Å². The van der Waals surface area contributed by atoms with E-state index in [0.717, 1.165) is 27.0 Å². The fourth-order valence-corrected chi connectivity index (χ4v) is 3.58. The number of benzene rings is 2. The van der Waals surface area contributed by atoms with E-state index in [9.17, 15) is 5.11 Å². The number of fused-ring (bicyclic) bond motifs is 1. The van der Waals surface area contributed by atoms with Gasteiger partial charge in [0.25, 0.3) is 0 Å². The van der Waals surface area contributed by atoms with Gasteiger partial charge in [-0.1, -0.05) is 6.07 Å². The van der Waals surface area contributed by atoms with Crippen molar-refractivity contribution in [2.45, 2.75) is 0 Å². The summed E-state index contributed by atoms with van der Waals surface area (Å²) in [5, 5.41) is 9.92. The van der Waals surface area contributed by atoms with Gasteiger partial charge in [-0.15, -0.1) is 0 Å². The highest BCUT2D eigenvalue weighted by molar-refractivity contribution is 9.10. The Kier molecular flexibility index (Phi) is 5.22. The summed E-state index contributed by atoms with van der Waals surface area (Å²) in [5.74, 6) is 1.90. The lowest BCUT2D eigenvalue weighted by atomic mass is 10.1. The summed E-state index contributed by atoms with van der Waals surface area (Å²) in [7, 11) is 3.15. The minimum atomic E-state index is 0.0770. The van der Waals surface area contributed by atoms with E-state index in [-0.39, 0.29) is 5.75 Å². The van der Waals surface area contributed by atoms with Crippen LogP contribution in [0.4, 0.5) is 5.82 Å². The molecule has 0 spiro atoms. The lowest BCUT2D eigenvalue weighted by Gasteiger charge is -2.06. The summed E-state index contributed by atoms with van der Waals surface area (Å²) >= 11 is 3.50. The molecule has 7 heteroatoms. The molecule has 0 amide bonds. The number of phenols is 1. The lowest BCUT2D eigenvalue weighted by molar-refractivity contribution is 0.373. The average Bonchev–Trinajstić information content (AvgIpc) is 3.11. The number of hydrogen-bond donors (Lipinski definition) is 1. The topological polar surface area (TPSA) is 68.4 Å². The van der Waals surface area contributed by atoms with Crippen LogP contribution in [0.25, 0.3) is 16.9 Å². The molecule has 0 aliphatic heterocycles. The first-order valence-electron chi connectivity index (χ1n) is 8.83. The molecule has 29 heavy (non-hydrogen) atoms. The molecule has 0 saturated heterocycles. The Bertz CT molecular complexity index is 1220. The molecule has 2 aromatic heterocycles. The van der Waals surface area contributed by atoms with Gasteiger partial charge in [0.1, 0.15) is 17.1 Å². The van der Waals surface area contributed by atoms with Crippen molar-refractivity contribution in [3.63, 3.8) is 0 Å². The van der Waals surface area contributed by atoms with E-state index in [2.05, 4.69) is 15.9 Å². The van der Waals surface area contributed by atoms with Crippen LogP contribution in [0.15, 0.2) is 70.3 Å². The minimum absolute atomic E-state index is 0.0770. The van der Waals surface area contributed by atoms with Crippen LogP contribution < -0.4 is 9.47 Å². The van der Waals surface area contributed by atoms with Crippen molar-refractivity contribution in [2.24, 2.45) is 4.99 Å². The van der Waals surface area contributed by atoms with E-state index < -0.39 is 0 Å². The molecule has 4 rings (SSSR count). The molecule has 2 heterocycles. The molecule has 0 aliphatic rings. The van der Waals surface area contributed by atoms with E-state index in [4.69, 9.17) is 19.5 Å². The second-order valence-corrected chi connectivity index (χ2v) is 7.11. The number of hydrogen-bond acceptors (Lipinski definition) is 5. The first kappa shape index (κ1) is 19.0. The summed E-state index contributed by atoms with van der Waals surface area (Å²) in [6.07, 6.45) is 3.70. The zero-order valence-corrected chi connectivity index (χ0v) is 17.4. The second-order valence-electron chi connectivity index (χ2n) is 6.25. The third-order valence-electron chi connectivity index (χ3n) is 4.47. The molecule has 0 unspecified atom stereocenters. The molecular weight excluding hydrogens is 434 g/mol. The maximum atomic E-state index is 9.92. The maximum absolute atomic E-state index is 9.92.